The van der Waals surface area contributed by atoms with Crippen LogP contribution in [0.4, 0.5) is 0 Å². The Balaban J connectivity index is 1.88. The van der Waals surface area contributed by atoms with Crippen molar-refractivity contribution in [3.8, 4) is 0 Å². The normalized spacial score (nSPS) is 17.9. The molecule has 136 valence electrons. The maximum Gasteiger partial charge on any atom is 0.216 e. The highest BCUT2D eigenvalue weighted by molar-refractivity contribution is 7.89. The quantitative estimate of drug-likeness (QED) is 0.645. The summed E-state index contributed by atoms with van der Waals surface area (Å²) in [5.74, 6) is -0.0440. The second kappa shape index (κ2) is 8.39. The average molecular weight is 377 g/mol. The van der Waals surface area contributed by atoms with Crippen molar-refractivity contribution in [3.05, 3.63) is 35.9 Å². The van der Waals surface area contributed by atoms with Crippen LogP contribution in [-0.4, -0.2) is 76.8 Å². The van der Waals surface area contributed by atoms with Crippen LogP contribution in [0.15, 0.2) is 30.3 Å². The number of ether oxygens (including phenoxy) is 1. The molecule has 1 saturated heterocycles. The van der Waals surface area contributed by atoms with Crippen LogP contribution in [-0.2, 0) is 31.2 Å². The Hall–Kier alpha value is -1.00. The Morgan fingerprint density at radius 2 is 1.38 bits per heavy atom. The largest absolute Gasteiger partial charge is 0.384 e. The molecule has 24 heavy (non-hydrogen) atoms. The number of piperazine rings is 1. The lowest BCUT2D eigenvalue weighted by atomic mass is 10.2. The van der Waals surface area contributed by atoms with E-state index in [0.29, 0.717) is 6.42 Å². The van der Waals surface area contributed by atoms with Crippen molar-refractivity contribution in [2.75, 3.05) is 51.4 Å². The predicted octanol–water partition coefficient (Wildman–Crippen LogP) is 0.153. The lowest BCUT2D eigenvalue weighted by molar-refractivity contribution is 0.213. The van der Waals surface area contributed by atoms with Crippen molar-refractivity contribution in [1.29, 1.82) is 0 Å². The van der Waals surface area contributed by atoms with Crippen molar-refractivity contribution in [3.63, 3.8) is 0 Å². The molecule has 1 aromatic rings. The first-order valence-electron chi connectivity index (χ1n) is 7.84. The van der Waals surface area contributed by atoms with Crippen molar-refractivity contribution in [2.24, 2.45) is 0 Å². The lowest BCUT2D eigenvalue weighted by Crippen LogP contribution is -2.51. The van der Waals surface area contributed by atoms with Gasteiger partial charge in [0.05, 0.1) is 18.1 Å². The van der Waals surface area contributed by atoms with E-state index in [0.717, 1.165) is 5.56 Å². The van der Waals surface area contributed by atoms with Crippen molar-refractivity contribution in [2.45, 2.75) is 6.42 Å². The summed E-state index contributed by atoms with van der Waals surface area (Å²) in [6, 6.07) is 9.45. The van der Waals surface area contributed by atoms with Gasteiger partial charge >= 0.3 is 0 Å². The van der Waals surface area contributed by atoms with E-state index in [1.54, 1.807) is 0 Å². The van der Waals surface area contributed by atoms with Gasteiger partial charge in [-0.2, -0.15) is 8.61 Å². The zero-order chi connectivity index (χ0) is 17.6. The van der Waals surface area contributed by atoms with E-state index in [1.807, 2.05) is 30.3 Å². The summed E-state index contributed by atoms with van der Waals surface area (Å²) in [6.07, 6.45) is 0.454. The molecule has 0 aromatic heterocycles. The second-order valence-corrected chi connectivity index (χ2v) is 9.84. The molecule has 7 nitrogen and oxygen atoms in total. The van der Waals surface area contributed by atoms with E-state index in [2.05, 4.69) is 0 Å². The minimum Gasteiger partial charge on any atom is -0.384 e. The number of sulfonamides is 2. The molecule has 0 N–H and O–H groups in total. The first-order valence-corrected chi connectivity index (χ1v) is 11.1. The third-order valence-corrected chi connectivity index (χ3v) is 7.73. The van der Waals surface area contributed by atoms with Crippen LogP contribution in [0.5, 0.6) is 0 Å². The molecule has 1 aromatic carbocycles. The molecule has 0 saturated carbocycles. The molecule has 0 unspecified atom stereocenters. The molecule has 1 aliphatic heterocycles. The fourth-order valence-electron chi connectivity index (χ4n) is 2.56. The van der Waals surface area contributed by atoms with Gasteiger partial charge in [0.1, 0.15) is 0 Å². The monoisotopic (exact) mass is 376 g/mol. The van der Waals surface area contributed by atoms with Crippen LogP contribution < -0.4 is 0 Å². The van der Waals surface area contributed by atoms with Crippen LogP contribution in [0.25, 0.3) is 0 Å². The van der Waals surface area contributed by atoms with Crippen LogP contribution in [0, 0.1) is 0 Å². The molecule has 0 atom stereocenters. The summed E-state index contributed by atoms with van der Waals surface area (Å²) < 4.78 is 56.6. The minimum absolute atomic E-state index is 0.0352. The van der Waals surface area contributed by atoms with E-state index >= 15 is 0 Å². The molecule has 9 heteroatoms. The van der Waals surface area contributed by atoms with Crippen LogP contribution in [0.3, 0.4) is 0 Å². The molecule has 0 spiro atoms. The van der Waals surface area contributed by atoms with Crippen LogP contribution >= 0.6 is 0 Å². The van der Waals surface area contributed by atoms with E-state index in [9.17, 15) is 16.8 Å². The number of rotatable bonds is 8. The summed E-state index contributed by atoms with van der Waals surface area (Å²) in [5.41, 5.74) is 0.974. The number of nitrogens with zero attached hydrogens (tertiary/aromatic N) is 2. The standard InChI is InChI=1S/C15H24N2O5S2/c1-22-12-14-24(20,21)17-10-8-16(9-11-17)23(18,19)13-7-15-5-3-2-4-6-15/h2-6H,7-14H2,1H3. The highest BCUT2D eigenvalue weighted by atomic mass is 32.2. The Morgan fingerprint density at radius 1 is 0.875 bits per heavy atom. The molecule has 1 aliphatic rings. The van der Waals surface area contributed by atoms with Gasteiger partial charge in [0, 0.05) is 33.3 Å². The predicted molar refractivity (Wildman–Crippen MR) is 92.7 cm³/mol. The fraction of sp³-hybridized carbons (Fsp3) is 0.600. The van der Waals surface area contributed by atoms with Crippen molar-refractivity contribution < 1.29 is 21.6 Å². The SMILES string of the molecule is COCCS(=O)(=O)N1CCN(S(=O)(=O)CCc2ccccc2)CC1. The average Bonchev–Trinajstić information content (AvgIpc) is 2.59. The van der Waals surface area contributed by atoms with Gasteiger partial charge in [-0.05, 0) is 12.0 Å². The number of methoxy groups -OCH3 is 1. The molecular formula is C15H24N2O5S2. The molecule has 0 radical (unpaired) electrons. The van der Waals surface area contributed by atoms with Gasteiger partial charge < -0.3 is 4.74 Å². The van der Waals surface area contributed by atoms with E-state index in [4.69, 9.17) is 4.74 Å². The van der Waals surface area contributed by atoms with Gasteiger partial charge in [-0.1, -0.05) is 30.3 Å². The van der Waals surface area contributed by atoms with Crippen molar-refractivity contribution in [1.82, 2.24) is 8.61 Å². The summed E-state index contributed by atoms with van der Waals surface area (Å²) >= 11 is 0. The third kappa shape index (κ3) is 5.25. The Kier molecular flexibility index (Phi) is 6.76. The highest BCUT2D eigenvalue weighted by Crippen LogP contribution is 2.13. The molecular weight excluding hydrogens is 352 g/mol. The summed E-state index contributed by atoms with van der Waals surface area (Å²) in [7, 11) is -5.31. The van der Waals surface area contributed by atoms with Gasteiger partial charge in [-0.15, -0.1) is 0 Å². The highest BCUT2D eigenvalue weighted by Gasteiger charge is 2.31. The number of hydrogen-bond donors (Lipinski definition) is 0. The zero-order valence-electron chi connectivity index (χ0n) is 13.8. The molecule has 0 bridgehead atoms. The smallest absolute Gasteiger partial charge is 0.216 e. The van der Waals surface area contributed by atoms with Gasteiger partial charge in [0.2, 0.25) is 20.0 Å². The number of benzene rings is 1. The van der Waals surface area contributed by atoms with E-state index in [-0.39, 0.29) is 44.3 Å². The van der Waals surface area contributed by atoms with Gasteiger partial charge in [0.25, 0.3) is 0 Å². The fourth-order valence-corrected chi connectivity index (χ4v) is 5.39. The van der Waals surface area contributed by atoms with Gasteiger partial charge in [-0.3, -0.25) is 0 Å². The molecule has 1 heterocycles. The Morgan fingerprint density at radius 3 is 1.88 bits per heavy atom. The van der Waals surface area contributed by atoms with E-state index < -0.39 is 20.0 Å². The number of hydrogen-bond acceptors (Lipinski definition) is 5. The molecule has 0 aliphatic carbocycles. The lowest BCUT2D eigenvalue weighted by Gasteiger charge is -2.33. The molecule has 2 rings (SSSR count). The number of aryl methyl sites for hydroxylation is 1. The Labute approximate surface area is 144 Å². The second-order valence-electron chi connectivity index (χ2n) is 5.66. The van der Waals surface area contributed by atoms with Crippen LogP contribution in [0.2, 0.25) is 0 Å². The first kappa shape index (κ1) is 19.3. The zero-order valence-corrected chi connectivity index (χ0v) is 15.4. The maximum absolute atomic E-state index is 12.4. The van der Waals surface area contributed by atoms with Crippen LogP contribution in [0.1, 0.15) is 5.56 Å². The van der Waals surface area contributed by atoms with E-state index in [1.165, 1.54) is 15.7 Å². The first-order chi connectivity index (χ1) is 11.3. The third-order valence-electron chi connectivity index (χ3n) is 4.02. The Bertz CT molecular complexity index is 711. The van der Waals surface area contributed by atoms with Gasteiger partial charge in [-0.25, -0.2) is 16.8 Å². The van der Waals surface area contributed by atoms with Gasteiger partial charge in [0.15, 0.2) is 0 Å². The molecule has 0 amide bonds. The maximum atomic E-state index is 12.4. The summed E-state index contributed by atoms with van der Waals surface area (Å²) in [5, 5.41) is 0. The summed E-state index contributed by atoms with van der Waals surface area (Å²) in [4.78, 5) is 0. The van der Waals surface area contributed by atoms with Crippen molar-refractivity contribution >= 4 is 20.0 Å². The topological polar surface area (TPSA) is 84.0 Å². The minimum atomic E-state index is -3.38. The summed E-state index contributed by atoms with van der Waals surface area (Å²) in [6.45, 7) is 0.915. The molecule has 1 fully saturated rings.